The molecule has 0 aromatic heterocycles. The zero-order valence-corrected chi connectivity index (χ0v) is 11.4. The molecule has 5 nitrogen and oxygen atoms in total. The number of hydrogen-bond acceptors (Lipinski definition) is 4. The lowest BCUT2D eigenvalue weighted by molar-refractivity contribution is -0.116. The van der Waals surface area contributed by atoms with Crippen LogP contribution in [0.15, 0.2) is 18.2 Å². The van der Waals surface area contributed by atoms with Gasteiger partial charge in [0.25, 0.3) is 0 Å². The van der Waals surface area contributed by atoms with Crippen molar-refractivity contribution in [2.75, 3.05) is 18.6 Å². The van der Waals surface area contributed by atoms with Crippen LogP contribution in [0.25, 0.3) is 0 Å². The van der Waals surface area contributed by atoms with Crippen LogP contribution in [0, 0.1) is 5.41 Å². The van der Waals surface area contributed by atoms with E-state index < -0.39 is 0 Å². The number of benzene rings is 1. The maximum Gasteiger partial charge on any atom is 0.224 e. The van der Waals surface area contributed by atoms with Crippen LogP contribution < -0.4 is 9.64 Å². The van der Waals surface area contributed by atoms with E-state index >= 15 is 0 Å². The third-order valence-electron chi connectivity index (χ3n) is 3.21. The fraction of sp³-hybridized carbons (Fsp3) is 0.429. The number of hydrogen-bond donors (Lipinski definition) is 1. The van der Waals surface area contributed by atoms with Crippen LogP contribution in [0.3, 0.4) is 0 Å². The largest absolute Gasteiger partial charge is 0.497 e. The van der Waals surface area contributed by atoms with E-state index in [2.05, 4.69) is 0 Å². The van der Waals surface area contributed by atoms with Crippen molar-refractivity contribution in [1.29, 1.82) is 5.41 Å². The number of nitrogens with one attached hydrogen (secondary N) is 1. The van der Waals surface area contributed by atoms with E-state index in [1.165, 1.54) is 6.92 Å². The summed E-state index contributed by atoms with van der Waals surface area (Å²) in [7, 11) is 1.61. The number of nitrogens with zero attached hydrogens (tertiary/aromatic N) is 1. The molecule has 1 aliphatic heterocycles. The second kappa shape index (κ2) is 5.30. The Balaban J connectivity index is 2.36. The first kappa shape index (κ1) is 13.4. The molecule has 1 N–H and O–H groups in total. The van der Waals surface area contributed by atoms with Gasteiger partial charge < -0.3 is 9.47 Å². The molecule has 0 saturated carbocycles. The van der Waals surface area contributed by atoms with E-state index in [0.717, 1.165) is 17.0 Å². The molecule has 0 bridgehead atoms. The molecule has 1 heterocycles. The van der Waals surface area contributed by atoms with Crippen molar-refractivity contribution in [3.05, 3.63) is 23.8 Å². The number of amides is 1. The summed E-state index contributed by atoms with van der Waals surface area (Å²) in [5.74, 6) is 0.803. The van der Waals surface area contributed by atoms with Gasteiger partial charge in [-0.2, -0.15) is 0 Å². The summed E-state index contributed by atoms with van der Waals surface area (Å²) in [4.78, 5) is 13.4. The summed E-state index contributed by atoms with van der Waals surface area (Å²) in [6, 6.07) is 5.24. The Morgan fingerprint density at radius 3 is 2.84 bits per heavy atom. The van der Waals surface area contributed by atoms with Crippen molar-refractivity contribution in [2.24, 2.45) is 0 Å². The summed E-state index contributed by atoms with van der Waals surface area (Å²) in [6.07, 6.45) is 0.588. The van der Waals surface area contributed by atoms with Gasteiger partial charge in [0.05, 0.1) is 13.7 Å². The standard InChI is InChI=1S/C14H18N2O3/c1-4-19-14(15)13-8-10-7-11(18-3)5-6-12(10)16(13)9(2)17/h5-7,13,15H,4,8H2,1-3H3. The van der Waals surface area contributed by atoms with E-state index in [9.17, 15) is 4.79 Å². The SMILES string of the molecule is CCOC(=N)C1Cc2cc(OC)ccc2N1C(C)=O. The van der Waals surface area contributed by atoms with Crippen molar-refractivity contribution in [3.63, 3.8) is 0 Å². The van der Waals surface area contributed by atoms with Crippen LogP contribution in [-0.4, -0.2) is 31.6 Å². The van der Waals surface area contributed by atoms with Crippen LogP contribution in [-0.2, 0) is 16.0 Å². The van der Waals surface area contributed by atoms with E-state index in [4.69, 9.17) is 14.9 Å². The molecule has 0 saturated heterocycles. The maximum atomic E-state index is 11.8. The first-order valence-corrected chi connectivity index (χ1v) is 6.26. The first-order chi connectivity index (χ1) is 9.08. The molecule has 1 aromatic rings. The first-order valence-electron chi connectivity index (χ1n) is 6.26. The molecule has 1 atom stereocenters. The predicted molar refractivity (Wildman–Crippen MR) is 73.0 cm³/mol. The topological polar surface area (TPSA) is 62.6 Å². The fourth-order valence-corrected chi connectivity index (χ4v) is 2.41. The Kier molecular flexibility index (Phi) is 3.74. The number of fused-ring (bicyclic) bond motifs is 1. The van der Waals surface area contributed by atoms with Gasteiger partial charge in [0.2, 0.25) is 11.8 Å². The molecule has 5 heteroatoms. The summed E-state index contributed by atoms with van der Waals surface area (Å²) >= 11 is 0. The molecule has 0 radical (unpaired) electrons. The minimum atomic E-state index is -0.348. The predicted octanol–water partition coefficient (Wildman–Crippen LogP) is 1.99. The molecule has 0 fully saturated rings. The van der Waals surface area contributed by atoms with Gasteiger partial charge in [-0.1, -0.05) is 0 Å². The van der Waals surface area contributed by atoms with Crippen molar-refractivity contribution in [1.82, 2.24) is 0 Å². The second-order valence-corrected chi connectivity index (χ2v) is 4.40. The highest BCUT2D eigenvalue weighted by atomic mass is 16.5. The van der Waals surface area contributed by atoms with Gasteiger partial charge in [0.15, 0.2) is 0 Å². The Labute approximate surface area is 112 Å². The van der Waals surface area contributed by atoms with E-state index in [0.29, 0.717) is 13.0 Å². The van der Waals surface area contributed by atoms with Crippen LogP contribution in [0.5, 0.6) is 5.75 Å². The van der Waals surface area contributed by atoms with Crippen LogP contribution >= 0.6 is 0 Å². The van der Waals surface area contributed by atoms with Crippen molar-refractivity contribution >= 4 is 17.5 Å². The summed E-state index contributed by atoms with van der Waals surface area (Å²) in [5, 5.41) is 7.94. The minimum absolute atomic E-state index is 0.0848. The second-order valence-electron chi connectivity index (χ2n) is 4.40. The molecule has 1 unspecified atom stereocenters. The van der Waals surface area contributed by atoms with Crippen molar-refractivity contribution < 1.29 is 14.3 Å². The molecule has 0 spiro atoms. The number of carbonyl (C=O) groups excluding carboxylic acids is 1. The lowest BCUT2D eigenvalue weighted by Crippen LogP contribution is -2.42. The third-order valence-corrected chi connectivity index (χ3v) is 3.21. The zero-order chi connectivity index (χ0) is 14.0. The van der Waals surface area contributed by atoms with Gasteiger partial charge in [0.1, 0.15) is 11.8 Å². The number of rotatable bonds is 3. The zero-order valence-electron chi connectivity index (χ0n) is 11.4. The van der Waals surface area contributed by atoms with Gasteiger partial charge >= 0.3 is 0 Å². The van der Waals surface area contributed by atoms with Gasteiger partial charge in [-0.3, -0.25) is 15.1 Å². The normalized spacial score (nSPS) is 17.0. The molecule has 102 valence electrons. The molecular formula is C14H18N2O3. The average molecular weight is 262 g/mol. The van der Waals surface area contributed by atoms with Crippen LogP contribution in [0.2, 0.25) is 0 Å². The lowest BCUT2D eigenvalue weighted by atomic mass is 10.1. The Bertz CT molecular complexity index is 513. The number of anilines is 1. The highest BCUT2D eigenvalue weighted by Crippen LogP contribution is 2.35. The monoisotopic (exact) mass is 262 g/mol. The smallest absolute Gasteiger partial charge is 0.224 e. The average Bonchev–Trinajstić information content (AvgIpc) is 2.77. The van der Waals surface area contributed by atoms with Gasteiger partial charge in [-0.05, 0) is 30.7 Å². The molecule has 19 heavy (non-hydrogen) atoms. The van der Waals surface area contributed by atoms with Gasteiger partial charge in [0, 0.05) is 19.0 Å². The number of methoxy groups -OCH3 is 1. The molecule has 0 aliphatic carbocycles. The van der Waals surface area contributed by atoms with Gasteiger partial charge in [-0.15, -0.1) is 0 Å². The van der Waals surface area contributed by atoms with Crippen molar-refractivity contribution in [2.45, 2.75) is 26.3 Å². The molecular weight excluding hydrogens is 244 g/mol. The summed E-state index contributed by atoms with van der Waals surface area (Å²) in [5.41, 5.74) is 1.84. The van der Waals surface area contributed by atoms with E-state index in [1.807, 2.05) is 25.1 Å². The van der Waals surface area contributed by atoms with E-state index in [1.54, 1.807) is 12.0 Å². The quantitative estimate of drug-likeness (QED) is 0.669. The highest BCUT2D eigenvalue weighted by Gasteiger charge is 2.36. The third kappa shape index (κ3) is 2.41. The maximum absolute atomic E-state index is 11.8. The Hall–Kier alpha value is -2.04. The minimum Gasteiger partial charge on any atom is -0.497 e. The summed E-state index contributed by atoms with van der Waals surface area (Å²) < 4.78 is 10.4. The number of carbonyl (C=O) groups is 1. The lowest BCUT2D eigenvalue weighted by Gasteiger charge is -2.24. The molecule has 1 amide bonds. The van der Waals surface area contributed by atoms with Crippen molar-refractivity contribution in [3.8, 4) is 5.75 Å². The summed E-state index contributed by atoms with van der Waals surface area (Å²) in [6.45, 7) is 3.77. The van der Waals surface area contributed by atoms with Crippen LogP contribution in [0.4, 0.5) is 5.69 Å². The Morgan fingerprint density at radius 2 is 2.26 bits per heavy atom. The molecule has 1 aromatic carbocycles. The molecule has 1 aliphatic rings. The highest BCUT2D eigenvalue weighted by molar-refractivity contribution is 6.01. The molecule has 2 rings (SSSR count). The fourth-order valence-electron chi connectivity index (χ4n) is 2.41. The van der Waals surface area contributed by atoms with Gasteiger partial charge in [-0.25, -0.2) is 0 Å². The number of ether oxygens (including phenoxy) is 2. The van der Waals surface area contributed by atoms with E-state index in [-0.39, 0.29) is 17.8 Å². The van der Waals surface area contributed by atoms with Crippen LogP contribution in [0.1, 0.15) is 19.4 Å². The Morgan fingerprint density at radius 1 is 1.53 bits per heavy atom.